The zero-order chi connectivity index (χ0) is 15.5. The molecular weight excluding hydrogens is 292 g/mol. The van der Waals surface area contributed by atoms with Crippen molar-refractivity contribution in [1.29, 1.82) is 0 Å². The van der Waals surface area contributed by atoms with Gasteiger partial charge in [0.05, 0.1) is 10.8 Å². The van der Waals surface area contributed by atoms with Gasteiger partial charge >= 0.3 is 5.97 Å². The van der Waals surface area contributed by atoms with Crippen LogP contribution in [0.25, 0.3) is 0 Å². The van der Waals surface area contributed by atoms with Crippen LogP contribution in [0, 0.1) is 5.92 Å². The molecule has 2 rings (SSSR count). The standard InChI is InChI=1S/C15H20O5S/c1-21(18,19)13-4-2-12(3-5-13)14(15(16)17)10-11-6-8-20-9-7-11/h2-5,11,14H,6-10H2,1H3,(H,16,17). The van der Waals surface area contributed by atoms with Crippen LogP contribution in [0.15, 0.2) is 29.2 Å². The Hall–Kier alpha value is -1.40. The number of carbonyl (C=O) groups is 1. The molecule has 1 aliphatic rings. The third-order valence-corrected chi connectivity index (χ3v) is 5.05. The van der Waals surface area contributed by atoms with Gasteiger partial charge in [0.1, 0.15) is 0 Å². The molecule has 0 radical (unpaired) electrons. The molecule has 1 aliphatic heterocycles. The SMILES string of the molecule is CS(=O)(=O)c1ccc(C(CC2CCOCC2)C(=O)O)cc1. The molecule has 0 amide bonds. The molecule has 116 valence electrons. The van der Waals surface area contributed by atoms with E-state index in [2.05, 4.69) is 0 Å². The Morgan fingerprint density at radius 3 is 2.33 bits per heavy atom. The average molecular weight is 312 g/mol. The molecule has 6 heteroatoms. The van der Waals surface area contributed by atoms with Crippen LogP contribution in [0.3, 0.4) is 0 Å². The normalized spacial score (nSPS) is 18.3. The summed E-state index contributed by atoms with van der Waals surface area (Å²) < 4.78 is 28.2. The highest BCUT2D eigenvalue weighted by Crippen LogP contribution is 2.30. The van der Waals surface area contributed by atoms with E-state index in [1.54, 1.807) is 12.1 Å². The third kappa shape index (κ3) is 4.28. The number of aliphatic carboxylic acids is 1. The lowest BCUT2D eigenvalue weighted by Gasteiger charge is -2.25. The molecule has 1 saturated heterocycles. The molecule has 1 aromatic rings. The number of rotatable bonds is 5. The molecular formula is C15H20O5S. The minimum absolute atomic E-state index is 0.210. The van der Waals surface area contributed by atoms with Gasteiger partial charge in [-0.3, -0.25) is 4.79 Å². The highest BCUT2D eigenvalue weighted by Gasteiger charge is 2.26. The predicted molar refractivity (Wildman–Crippen MR) is 78.1 cm³/mol. The fourth-order valence-corrected chi connectivity index (χ4v) is 3.27. The zero-order valence-electron chi connectivity index (χ0n) is 12.0. The maximum atomic E-state index is 11.5. The first-order valence-corrected chi connectivity index (χ1v) is 8.87. The molecule has 0 aromatic heterocycles. The van der Waals surface area contributed by atoms with Crippen LogP contribution >= 0.6 is 0 Å². The topological polar surface area (TPSA) is 80.7 Å². The molecule has 0 spiro atoms. The van der Waals surface area contributed by atoms with E-state index in [4.69, 9.17) is 4.74 Å². The molecule has 1 N–H and O–H groups in total. The van der Waals surface area contributed by atoms with Crippen LogP contribution in [0.4, 0.5) is 0 Å². The van der Waals surface area contributed by atoms with E-state index in [1.807, 2.05) is 0 Å². The number of hydrogen-bond donors (Lipinski definition) is 1. The van der Waals surface area contributed by atoms with Gasteiger partial charge in [0.25, 0.3) is 0 Å². The fraction of sp³-hybridized carbons (Fsp3) is 0.533. The van der Waals surface area contributed by atoms with Gasteiger partial charge in [-0.05, 0) is 42.9 Å². The highest BCUT2D eigenvalue weighted by atomic mass is 32.2. The first-order chi connectivity index (χ1) is 9.88. The first kappa shape index (κ1) is 16.0. The third-order valence-electron chi connectivity index (χ3n) is 3.92. The maximum Gasteiger partial charge on any atom is 0.310 e. The maximum absolute atomic E-state index is 11.5. The summed E-state index contributed by atoms with van der Waals surface area (Å²) in [6.45, 7) is 1.37. The second kappa shape index (κ2) is 6.58. The second-order valence-electron chi connectivity index (χ2n) is 5.52. The van der Waals surface area contributed by atoms with E-state index in [-0.39, 0.29) is 4.90 Å². The summed E-state index contributed by atoms with van der Waals surface area (Å²) in [4.78, 5) is 11.7. The number of ether oxygens (including phenoxy) is 1. The van der Waals surface area contributed by atoms with Crippen LogP contribution in [0.2, 0.25) is 0 Å². The lowest BCUT2D eigenvalue weighted by Crippen LogP contribution is -2.21. The summed E-state index contributed by atoms with van der Waals surface area (Å²) in [5.41, 5.74) is 0.654. The van der Waals surface area contributed by atoms with E-state index < -0.39 is 21.7 Å². The first-order valence-electron chi connectivity index (χ1n) is 6.98. The summed E-state index contributed by atoms with van der Waals surface area (Å²) in [6.07, 6.45) is 3.46. The number of sulfone groups is 1. The number of benzene rings is 1. The summed E-state index contributed by atoms with van der Waals surface area (Å²) in [5, 5.41) is 9.44. The van der Waals surface area contributed by atoms with Crippen molar-refractivity contribution in [2.24, 2.45) is 5.92 Å². The van der Waals surface area contributed by atoms with Gasteiger partial charge in [-0.2, -0.15) is 0 Å². The van der Waals surface area contributed by atoms with E-state index >= 15 is 0 Å². The van der Waals surface area contributed by atoms with Crippen LogP contribution in [-0.2, 0) is 19.4 Å². The van der Waals surface area contributed by atoms with Crippen molar-refractivity contribution in [3.63, 3.8) is 0 Å². The molecule has 0 saturated carbocycles. The van der Waals surface area contributed by atoms with Crippen molar-refractivity contribution >= 4 is 15.8 Å². The Bertz CT molecular complexity index is 585. The van der Waals surface area contributed by atoms with E-state index in [0.717, 1.165) is 19.1 Å². The van der Waals surface area contributed by atoms with Crippen molar-refractivity contribution in [3.05, 3.63) is 29.8 Å². The quantitative estimate of drug-likeness (QED) is 0.900. The molecule has 1 heterocycles. The van der Waals surface area contributed by atoms with Crippen molar-refractivity contribution < 1.29 is 23.1 Å². The van der Waals surface area contributed by atoms with E-state index in [0.29, 0.717) is 31.1 Å². The van der Waals surface area contributed by atoms with Crippen molar-refractivity contribution in [2.75, 3.05) is 19.5 Å². The van der Waals surface area contributed by atoms with E-state index in [9.17, 15) is 18.3 Å². The Labute approximate surface area is 124 Å². The molecule has 21 heavy (non-hydrogen) atoms. The Kier molecular flexibility index (Phi) is 5.00. The Morgan fingerprint density at radius 2 is 1.86 bits per heavy atom. The molecule has 0 bridgehead atoms. The fourth-order valence-electron chi connectivity index (χ4n) is 2.64. The number of carboxylic acids is 1. The molecule has 1 unspecified atom stereocenters. The predicted octanol–water partition coefficient (Wildman–Crippen LogP) is 2.08. The van der Waals surface area contributed by atoms with Gasteiger partial charge < -0.3 is 9.84 Å². The largest absolute Gasteiger partial charge is 0.481 e. The van der Waals surface area contributed by atoms with Crippen LogP contribution in [0.5, 0.6) is 0 Å². The molecule has 0 aliphatic carbocycles. The molecule has 1 aromatic carbocycles. The minimum Gasteiger partial charge on any atom is -0.481 e. The lowest BCUT2D eigenvalue weighted by molar-refractivity contribution is -0.139. The van der Waals surface area contributed by atoms with Crippen molar-refractivity contribution in [2.45, 2.75) is 30.1 Å². The Morgan fingerprint density at radius 1 is 1.29 bits per heavy atom. The summed E-state index contributed by atoms with van der Waals surface area (Å²) in [5.74, 6) is -1.12. The molecule has 1 atom stereocenters. The number of carboxylic acid groups (broad SMARTS) is 1. The van der Waals surface area contributed by atoms with Crippen LogP contribution in [0.1, 0.15) is 30.7 Å². The second-order valence-corrected chi connectivity index (χ2v) is 7.54. The van der Waals surface area contributed by atoms with Gasteiger partial charge in [-0.15, -0.1) is 0 Å². The monoisotopic (exact) mass is 312 g/mol. The van der Waals surface area contributed by atoms with Gasteiger partial charge in [0.15, 0.2) is 9.84 Å². The summed E-state index contributed by atoms with van der Waals surface area (Å²) in [7, 11) is -3.26. The minimum atomic E-state index is -3.26. The lowest BCUT2D eigenvalue weighted by atomic mass is 9.85. The van der Waals surface area contributed by atoms with Gasteiger partial charge in [-0.1, -0.05) is 12.1 Å². The zero-order valence-corrected chi connectivity index (χ0v) is 12.8. The van der Waals surface area contributed by atoms with Gasteiger partial charge in [0.2, 0.25) is 0 Å². The molecule has 5 nitrogen and oxygen atoms in total. The highest BCUT2D eigenvalue weighted by molar-refractivity contribution is 7.90. The van der Waals surface area contributed by atoms with Gasteiger partial charge in [0, 0.05) is 19.5 Å². The van der Waals surface area contributed by atoms with Crippen LogP contribution < -0.4 is 0 Å². The molecule has 1 fully saturated rings. The van der Waals surface area contributed by atoms with Crippen molar-refractivity contribution in [3.8, 4) is 0 Å². The Balaban J connectivity index is 2.16. The van der Waals surface area contributed by atoms with Crippen LogP contribution in [-0.4, -0.2) is 39.0 Å². The average Bonchev–Trinajstić information content (AvgIpc) is 2.45. The summed E-state index contributed by atoms with van der Waals surface area (Å²) in [6, 6.07) is 6.16. The summed E-state index contributed by atoms with van der Waals surface area (Å²) >= 11 is 0. The van der Waals surface area contributed by atoms with E-state index in [1.165, 1.54) is 12.1 Å². The van der Waals surface area contributed by atoms with Crippen molar-refractivity contribution in [1.82, 2.24) is 0 Å². The number of hydrogen-bond acceptors (Lipinski definition) is 4. The van der Waals surface area contributed by atoms with Gasteiger partial charge in [-0.25, -0.2) is 8.42 Å². The smallest absolute Gasteiger partial charge is 0.310 e.